The molecule has 2 aromatic rings. The van der Waals surface area contributed by atoms with Crippen molar-refractivity contribution in [2.24, 2.45) is 5.73 Å². The van der Waals surface area contributed by atoms with E-state index in [1.165, 1.54) is 0 Å². The fourth-order valence-corrected chi connectivity index (χ4v) is 1.86. The van der Waals surface area contributed by atoms with Crippen LogP contribution in [0, 0.1) is 11.6 Å². The zero-order valence-electron chi connectivity index (χ0n) is 10.4. The van der Waals surface area contributed by atoms with Gasteiger partial charge < -0.3 is 10.6 Å². The second-order valence-corrected chi connectivity index (χ2v) is 4.15. The monoisotopic (exact) mass is 263 g/mol. The molecule has 0 spiro atoms. The van der Waals surface area contributed by atoms with Crippen LogP contribution in [0.5, 0.6) is 0 Å². The Hall–Kier alpha value is -2.01. The first-order chi connectivity index (χ1) is 9.20. The third-order valence-electron chi connectivity index (χ3n) is 2.70. The average molecular weight is 263 g/mol. The largest absolute Gasteiger partial charge is 0.349 e. The van der Waals surface area contributed by atoms with E-state index in [9.17, 15) is 8.78 Å². The molecule has 0 amide bonds. The van der Waals surface area contributed by atoms with Gasteiger partial charge in [0.05, 0.1) is 6.20 Å². The lowest BCUT2D eigenvalue weighted by Gasteiger charge is -2.23. The van der Waals surface area contributed by atoms with Gasteiger partial charge in [0.25, 0.3) is 0 Å². The summed E-state index contributed by atoms with van der Waals surface area (Å²) in [4.78, 5) is 5.51. The van der Waals surface area contributed by atoms with E-state index in [1.807, 2.05) is 30.3 Å². The van der Waals surface area contributed by atoms with Crippen LogP contribution in [-0.2, 0) is 6.54 Å². The third kappa shape index (κ3) is 3.48. The van der Waals surface area contributed by atoms with Crippen LogP contribution in [-0.4, -0.2) is 18.1 Å². The molecule has 0 unspecified atom stereocenters. The first-order valence-corrected chi connectivity index (χ1v) is 6.00. The van der Waals surface area contributed by atoms with Crippen LogP contribution in [0.4, 0.5) is 14.6 Å². The van der Waals surface area contributed by atoms with Crippen LogP contribution in [0.15, 0.2) is 42.6 Å². The first-order valence-electron chi connectivity index (χ1n) is 6.00. The van der Waals surface area contributed by atoms with E-state index < -0.39 is 11.6 Å². The van der Waals surface area contributed by atoms with Gasteiger partial charge in [-0.25, -0.2) is 13.8 Å². The van der Waals surface area contributed by atoms with Crippen LogP contribution in [0.1, 0.15) is 5.56 Å². The van der Waals surface area contributed by atoms with Crippen LogP contribution in [0.3, 0.4) is 0 Å². The summed E-state index contributed by atoms with van der Waals surface area (Å²) in [7, 11) is 0. The summed E-state index contributed by atoms with van der Waals surface area (Å²) in [5, 5.41) is 0. The minimum atomic E-state index is -0.686. The Morgan fingerprint density at radius 2 is 1.89 bits per heavy atom. The Labute approximate surface area is 110 Å². The van der Waals surface area contributed by atoms with E-state index in [2.05, 4.69) is 4.98 Å². The zero-order chi connectivity index (χ0) is 13.7. The molecule has 0 radical (unpaired) electrons. The molecule has 19 heavy (non-hydrogen) atoms. The van der Waals surface area contributed by atoms with E-state index in [4.69, 9.17) is 5.73 Å². The second-order valence-electron chi connectivity index (χ2n) is 4.15. The number of hydrogen-bond acceptors (Lipinski definition) is 3. The van der Waals surface area contributed by atoms with Crippen LogP contribution in [0.25, 0.3) is 0 Å². The summed E-state index contributed by atoms with van der Waals surface area (Å²) >= 11 is 0. The van der Waals surface area contributed by atoms with Crippen LogP contribution >= 0.6 is 0 Å². The van der Waals surface area contributed by atoms with Gasteiger partial charge in [-0.05, 0) is 5.56 Å². The van der Waals surface area contributed by atoms with Crippen molar-refractivity contribution < 1.29 is 8.78 Å². The maximum Gasteiger partial charge on any atom is 0.168 e. The maximum absolute atomic E-state index is 13.7. The molecule has 0 saturated carbocycles. The molecule has 5 heteroatoms. The molecule has 3 nitrogen and oxygen atoms in total. The fraction of sp³-hybridized carbons (Fsp3) is 0.214. The quantitative estimate of drug-likeness (QED) is 0.900. The fourth-order valence-electron chi connectivity index (χ4n) is 1.86. The van der Waals surface area contributed by atoms with Crippen molar-refractivity contribution >= 4 is 5.82 Å². The lowest BCUT2D eigenvalue weighted by Crippen LogP contribution is -2.30. The van der Waals surface area contributed by atoms with Gasteiger partial charge in [0.2, 0.25) is 0 Å². The predicted octanol–water partition coefficient (Wildman–Crippen LogP) is 2.33. The molecule has 0 bridgehead atoms. The van der Waals surface area contributed by atoms with Crippen molar-refractivity contribution in [3.63, 3.8) is 0 Å². The molecule has 0 atom stereocenters. The number of halogens is 2. The number of anilines is 1. The summed E-state index contributed by atoms with van der Waals surface area (Å²) in [6.45, 7) is 1.30. The SMILES string of the molecule is NCCN(Cc1ccccc1)c1ncc(F)cc1F. The predicted molar refractivity (Wildman–Crippen MR) is 70.7 cm³/mol. The Bertz CT molecular complexity index is 531. The lowest BCUT2D eigenvalue weighted by molar-refractivity contribution is 0.566. The van der Waals surface area contributed by atoms with Gasteiger partial charge in [0.15, 0.2) is 11.6 Å². The number of rotatable bonds is 5. The number of aromatic nitrogens is 1. The lowest BCUT2D eigenvalue weighted by atomic mass is 10.2. The highest BCUT2D eigenvalue weighted by Crippen LogP contribution is 2.18. The van der Waals surface area contributed by atoms with Gasteiger partial charge in [0.1, 0.15) is 5.82 Å². The average Bonchev–Trinajstić information content (AvgIpc) is 2.39. The van der Waals surface area contributed by atoms with E-state index in [0.29, 0.717) is 19.6 Å². The molecule has 2 N–H and O–H groups in total. The van der Waals surface area contributed by atoms with Crippen molar-refractivity contribution in [1.29, 1.82) is 0 Å². The van der Waals surface area contributed by atoms with Gasteiger partial charge in [-0.1, -0.05) is 30.3 Å². The molecule has 1 aromatic heterocycles. The minimum Gasteiger partial charge on any atom is -0.349 e. The van der Waals surface area contributed by atoms with Gasteiger partial charge in [-0.2, -0.15) is 0 Å². The smallest absolute Gasteiger partial charge is 0.168 e. The zero-order valence-corrected chi connectivity index (χ0v) is 10.4. The molecular weight excluding hydrogens is 248 g/mol. The summed E-state index contributed by atoms with van der Waals surface area (Å²) in [5.74, 6) is -1.24. The molecule has 2 rings (SSSR count). The van der Waals surface area contributed by atoms with Gasteiger partial charge in [-0.15, -0.1) is 0 Å². The first kappa shape index (κ1) is 13.4. The molecular formula is C14H15F2N3. The Kier molecular flexibility index (Phi) is 4.41. The highest BCUT2D eigenvalue weighted by atomic mass is 19.1. The Morgan fingerprint density at radius 3 is 2.53 bits per heavy atom. The number of hydrogen-bond donors (Lipinski definition) is 1. The number of benzene rings is 1. The molecule has 0 saturated heterocycles. The number of nitrogens with two attached hydrogens (primary N) is 1. The molecule has 0 fully saturated rings. The van der Waals surface area contributed by atoms with E-state index >= 15 is 0 Å². The molecule has 100 valence electrons. The molecule has 1 heterocycles. The van der Waals surface area contributed by atoms with Gasteiger partial charge in [-0.3, -0.25) is 0 Å². The van der Waals surface area contributed by atoms with E-state index in [1.54, 1.807) is 4.90 Å². The minimum absolute atomic E-state index is 0.121. The van der Waals surface area contributed by atoms with Crippen molar-refractivity contribution in [3.8, 4) is 0 Å². The van der Waals surface area contributed by atoms with Crippen LogP contribution < -0.4 is 10.6 Å². The molecule has 1 aromatic carbocycles. The highest BCUT2D eigenvalue weighted by Gasteiger charge is 2.13. The van der Waals surface area contributed by atoms with Gasteiger partial charge >= 0.3 is 0 Å². The van der Waals surface area contributed by atoms with Crippen LogP contribution in [0.2, 0.25) is 0 Å². The van der Waals surface area contributed by atoms with E-state index in [0.717, 1.165) is 17.8 Å². The van der Waals surface area contributed by atoms with Crippen molar-refractivity contribution in [1.82, 2.24) is 4.98 Å². The van der Waals surface area contributed by atoms with Crippen molar-refractivity contribution in [3.05, 3.63) is 59.8 Å². The molecule has 0 aliphatic carbocycles. The summed E-state index contributed by atoms with van der Waals surface area (Å²) in [5.41, 5.74) is 6.55. The standard InChI is InChI=1S/C14H15F2N3/c15-12-8-13(16)14(18-9-12)19(7-6-17)10-11-4-2-1-3-5-11/h1-5,8-9H,6-7,10,17H2. The number of nitrogens with zero attached hydrogens (tertiary/aromatic N) is 2. The highest BCUT2D eigenvalue weighted by molar-refractivity contribution is 5.41. The normalized spacial score (nSPS) is 10.5. The topological polar surface area (TPSA) is 42.1 Å². The molecule has 0 aliphatic rings. The summed E-state index contributed by atoms with van der Waals surface area (Å²) in [6, 6.07) is 10.4. The Balaban J connectivity index is 2.24. The maximum atomic E-state index is 13.7. The van der Waals surface area contributed by atoms with E-state index in [-0.39, 0.29) is 5.82 Å². The summed E-state index contributed by atoms with van der Waals surface area (Å²) in [6.07, 6.45) is 1.01. The molecule has 0 aliphatic heterocycles. The third-order valence-corrected chi connectivity index (χ3v) is 2.70. The second kappa shape index (κ2) is 6.24. The van der Waals surface area contributed by atoms with Crippen molar-refractivity contribution in [2.75, 3.05) is 18.0 Å². The number of pyridine rings is 1. The summed E-state index contributed by atoms with van der Waals surface area (Å²) < 4.78 is 26.6. The van der Waals surface area contributed by atoms with Gasteiger partial charge in [0, 0.05) is 25.7 Å². The Morgan fingerprint density at radius 1 is 1.16 bits per heavy atom. The van der Waals surface area contributed by atoms with Crippen molar-refractivity contribution in [2.45, 2.75) is 6.54 Å².